The third kappa shape index (κ3) is 2.91. The lowest BCUT2D eigenvalue weighted by Crippen LogP contribution is -2.42. The summed E-state index contributed by atoms with van der Waals surface area (Å²) in [5.74, 6) is -1.23. The van der Waals surface area contributed by atoms with Crippen LogP contribution in [-0.2, 0) is 4.79 Å². The first-order valence-electron chi connectivity index (χ1n) is 7.05. The van der Waals surface area contributed by atoms with Crippen molar-refractivity contribution < 1.29 is 14.7 Å². The van der Waals surface area contributed by atoms with Crippen molar-refractivity contribution in [3.63, 3.8) is 0 Å². The van der Waals surface area contributed by atoms with Gasteiger partial charge in [-0.1, -0.05) is 25.1 Å². The van der Waals surface area contributed by atoms with Crippen LogP contribution in [0.3, 0.4) is 0 Å². The number of aromatic nitrogens is 1. The first kappa shape index (κ1) is 15.1. The van der Waals surface area contributed by atoms with Gasteiger partial charge in [0.2, 0.25) is 0 Å². The second kappa shape index (κ2) is 5.99. The van der Waals surface area contributed by atoms with Gasteiger partial charge in [0.05, 0.1) is 5.56 Å². The molecule has 112 valence electrons. The number of fused-ring (bicyclic) bond motifs is 1. The fourth-order valence-electron chi connectivity index (χ4n) is 2.49. The maximum atomic E-state index is 12.8. The number of amides is 1. The van der Waals surface area contributed by atoms with Gasteiger partial charge in [-0.25, -0.2) is 0 Å². The Hall–Kier alpha value is -2.30. The average Bonchev–Trinajstić information content (AvgIpc) is 2.78. The van der Waals surface area contributed by atoms with Crippen molar-refractivity contribution in [3.05, 3.63) is 35.5 Å². The molecule has 1 amide bonds. The van der Waals surface area contributed by atoms with Crippen molar-refractivity contribution in [2.24, 2.45) is 0 Å². The molecule has 1 atom stereocenters. The number of aromatic amines is 1. The number of hydrogen-bond donors (Lipinski definition) is 2. The Labute approximate surface area is 123 Å². The normalized spacial score (nSPS) is 12.3. The zero-order valence-corrected chi connectivity index (χ0v) is 12.5. The molecule has 0 bridgehead atoms. The summed E-state index contributed by atoms with van der Waals surface area (Å²) >= 11 is 0. The largest absolute Gasteiger partial charge is 0.480 e. The van der Waals surface area contributed by atoms with Crippen LogP contribution in [0.2, 0.25) is 0 Å². The highest BCUT2D eigenvalue weighted by Crippen LogP contribution is 2.24. The molecule has 5 heteroatoms. The number of aryl methyl sites for hydroxylation is 1. The number of carbonyl (C=O) groups is 2. The molecule has 2 N–H and O–H groups in total. The van der Waals surface area contributed by atoms with Gasteiger partial charge < -0.3 is 15.0 Å². The molecule has 2 aromatic rings. The van der Waals surface area contributed by atoms with Gasteiger partial charge in [-0.05, 0) is 26.3 Å². The molecule has 1 unspecified atom stereocenters. The predicted molar refractivity (Wildman–Crippen MR) is 81.5 cm³/mol. The van der Waals surface area contributed by atoms with Crippen LogP contribution < -0.4 is 0 Å². The number of carboxylic acid groups (broad SMARTS) is 1. The van der Waals surface area contributed by atoms with Gasteiger partial charge in [0, 0.05) is 22.6 Å². The molecule has 0 fully saturated rings. The van der Waals surface area contributed by atoms with Crippen molar-refractivity contribution in [2.45, 2.75) is 33.2 Å². The van der Waals surface area contributed by atoms with Gasteiger partial charge >= 0.3 is 5.97 Å². The molecule has 21 heavy (non-hydrogen) atoms. The van der Waals surface area contributed by atoms with E-state index in [4.69, 9.17) is 5.11 Å². The van der Waals surface area contributed by atoms with E-state index < -0.39 is 5.97 Å². The number of carbonyl (C=O) groups excluding carboxylic acids is 1. The van der Waals surface area contributed by atoms with E-state index in [2.05, 4.69) is 4.98 Å². The van der Waals surface area contributed by atoms with Crippen molar-refractivity contribution in [1.82, 2.24) is 9.88 Å². The number of rotatable bonds is 5. The first-order valence-corrected chi connectivity index (χ1v) is 7.05. The van der Waals surface area contributed by atoms with Crippen molar-refractivity contribution in [2.75, 3.05) is 6.54 Å². The van der Waals surface area contributed by atoms with Crippen LogP contribution in [0.1, 0.15) is 36.3 Å². The van der Waals surface area contributed by atoms with E-state index in [-0.39, 0.29) is 18.5 Å². The Kier molecular flexibility index (Phi) is 4.31. The molecule has 5 nitrogen and oxygen atoms in total. The lowest BCUT2D eigenvalue weighted by molar-refractivity contribution is -0.138. The molecule has 0 radical (unpaired) electrons. The number of nitrogens with one attached hydrogen (secondary N) is 1. The van der Waals surface area contributed by atoms with Crippen LogP contribution in [-0.4, -0.2) is 39.5 Å². The van der Waals surface area contributed by atoms with E-state index in [1.54, 1.807) is 0 Å². The standard InChI is InChI=1S/C16H20N2O3/c1-4-10(2)18(9-14(19)20)16(21)15-11(3)17-13-8-6-5-7-12(13)15/h5-8,10,17H,4,9H2,1-3H3,(H,19,20). The molecular formula is C16H20N2O3. The summed E-state index contributed by atoms with van der Waals surface area (Å²) in [5, 5.41) is 9.89. The molecule has 0 aliphatic carbocycles. The summed E-state index contributed by atoms with van der Waals surface area (Å²) in [6, 6.07) is 7.43. The van der Waals surface area contributed by atoms with Crippen LogP contribution in [0.4, 0.5) is 0 Å². The maximum absolute atomic E-state index is 12.8. The number of nitrogens with zero attached hydrogens (tertiary/aromatic N) is 1. The zero-order valence-electron chi connectivity index (χ0n) is 12.5. The Morgan fingerprint density at radius 2 is 2.00 bits per heavy atom. The minimum atomic E-state index is -0.999. The Morgan fingerprint density at radius 1 is 1.33 bits per heavy atom. The molecule has 0 saturated heterocycles. The third-order valence-corrected chi connectivity index (χ3v) is 3.80. The van der Waals surface area contributed by atoms with E-state index in [0.29, 0.717) is 12.0 Å². The van der Waals surface area contributed by atoms with Crippen LogP contribution in [0, 0.1) is 6.92 Å². The highest BCUT2D eigenvalue weighted by atomic mass is 16.4. The van der Waals surface area contributed by atoms with Crippen molar-refractivity contribution in [3.8, 4) is 0 Å². The Bertz CT molecular complexity index is 675. The van der Waals surface area contributed by atoms with Gasteiger partial charge in [-0.15, -0.1) is 0 Å². The van der Waals surface area contributed by atoms with E-state index in [1.165, 1.54) is 4.90 Å². The SMILES string of the molecule is CCC(C)N(CC(=O)O)C(=O)c1c(C)[nH]c2ccccc12. The summed E-state index contributed by atoms with van der Waals surface area (Å²) in [4.78, 5) is 28.5. The minimum absolute atomic E-state index is 0.123. The molecule has 1 aromatic carbocycles. The van der Waals surface area contributed by atoms with Crippen molar-refractivity contribution >= 4 is 22.8 Å². The monoisotopic (exact) mass is 288 g/mol. The van der Waals surface area contributed by atoms with Gasteiger partial charge in [0.25, 0.3) is 5.91 Å². The summed E-state index contributed by atoms with van der Waals surface area (Å²) in [5.41, 5.74) is 2.21. The van der Waals surface area contributed by atoms with Crippen molar-refractivity contribution in [1.29, 1.82) is 0 Å². The smallest absolute Gasteiger partial charge is 0.323 e. The fourth-order valence-corrected chi connectivity index (χ4v) is 2.49. The molecule has 0 saturated carbocycles. The molecule has 1 heterocycles. The minimum Gasteiger partial charge on any atom is -0.480 e. The van der Waals surface area contributed by atoms with Gasteiger partial charge in [-0.2, -0.15) is 0 Å². The third-order valence-electron chi connectivity index (χ3n) is 3.80. The maximum Gasteiger partial charge on any atom is 0.323 e. The molecule has 0 aliphatic rings. The molecule has 2 rings (SSSR count). The number of carboxylic acids is 1. The number of aliphatic carboxylic acids is 1. The lowest BCUT2D eigenvalue weighted by Gasteiger charge is -2.27. The highest BCUT2D eigenvalue weighted by molar-refractivity contribution is 6.08. The Balaban J connectivity index is 2.47. The molecule has 0 spiro atoms. The summed E-state index contributed by atoms with van der Waals surface area (Å²) in [6.07, 6.45) is 0.709. The number of hydrogen-bond acceptors (Lipinski definition) is 2. The highest BCUT2D eigenvalue weighted by Gasteiger charge is 2.26. The lowest BCUT2D eigenvalue weighted by atomic mass is 10.1. The molecule has 1 aromatic heterocycles. The molecular weight excluding hydrogens is 268 g/mol. The van der Waals surface area contributed by atoms with E-state index in [9.17, 15) is 9.59 Å². The van der Waals surface area contributed by atoms with Gasteiger partial charge in [0.15, 0.2) is 0 Å². The average molecular weight is 288 g/mol. The fraction of sp³-hybridized carbons (Fsp3) is 0.375. The number of para-hydroxylation sites is 1. The Morgan fingerprint density at radius 3 is 2.62 bits per heavy atom. The quantitative estimate of drug-likeness (QED) is 0.888. The second-order valence-corrected chi connectivity index (χ2v) is 5.25. The first-order chi connectivity index (χ1) is 9.95. The van der Waals surface area contributed by atoms with Crippen LogP contribution in [0.5, 0.6) is 0 Å². The van der Waals surface area contributed by atoms with Crippen LogP contribution in [0.25, 0.3) is 10.9 Å². The van der Waals surface area contributed by atoms with E-state index in [0.717, 1.165) is 16.6 Å². The van der Waals surface area contributed by atoms with E-state index in [1.807, 2.05) is 45.0 Å². The summed E-state index contributed by atoms with van der Waals surface area (Å²) in [6.45, 7) is 5.36. The second-order valence-electron chi connectivity index (χ2n) is 5.25. The number of H-pyrrole nitrogens is 1. The molecule has 0 aliphatic heterocycles. The number of benzene rings is 1. The summed E-state index contributed by atoms with van der Waals surface area (Å²) in [7, 11) is 0. The zero-order chi connectivity index (χ0) is 15.6. The van der Waals surface area contributed by atoms with Gasteiger partial charge in [-0.3, -0.25) is 9.59 Å². The van der Waals surface area contributed by atoms with Crippen LogP contribution >= 0.6 is 0 Å². The topological polar surface area (TPSA) is 73.4 Å². The predicted octanol–water partition coefficient (Wildman–Crippen LogP) is 2.80. The van der Waals surface area contributed by atoms with Crippen LogP contribution in [0.15, 0.2) is 24.3 Å². The summed E-state index contributed by atoms with van der Waals surface area (Å²) < 4.78 is 0. The van der Waals surface area contributed by atoms with E-state index >= 15 is 0 Å². The van der Waals surface area contributed by atoms with Gasteiger partial charge in [0.1, 0.15) is 6.54 Å².